The Morgan fingerprint density at radius 1 is 1.25 bits per heavy atom. The Labute approximate surface area is 111 Å². The van der Waals surface area contributed by atoms with Gasteiger partial charge >= 0.3 is 0 Å². The summed E-state index contributed by atoms with van der Waals surface area (Å²) in [4.78, 5) is 0. The van der Waals surface area contributed by atoms with Crippen LogP contribution in [0.5, 0.6) is 11.5 Å². The summed E-state index contributed by atoms with van der Waals surface area (Å²) in [7, 11) is 3.27. The summed E-state index contributed by atoms with van der Waals surface area (Å²) >= 11 is 3.41. The van der Waals surface area contributed by atoms with Crippen molar-refractivity contribution in [2.24, 2.45) is 5.73 Å². The lowest BCUT2D eigenvalue weighted by atomic mass is 10.0. The Balaban J connectivity index is 0.00000225. The quantitative estimate of drug-likeness (QED) is 0.928. The molecule has 2 N–H and O–H groups in total. The predicted octanol–water partition coefficient (Wildman–Crippen LogP) is 3.30. The van der Waals surface area contributed by atoms with E-state index in [1.165, 1.54) is 0 Å². The van der Waals surface area contributed by atoms with Gasteiger partial charge in [0.15, 0.2) is 0 Å². The summed E-state index contributed by atoms with van der Waals surface area (Å²) in [6, 6.07) is 3.77. The molecule has 0 amide bonds. The van der Waals surface area contributed by atoms with Gasteiger partial charge in [-0.05, 0) is 34.5 Å². The summed E-state index contributed by atoms with van der Waals surface area (Å²) in [6.45, 7) is 2.04. The smallest absolute Gasteiger partial charge is 0.133 e. The zero-order chi connectivity index (χ0) is 11.4. The van der Waals surface area contributed by atoms with Gasteiger partial charge in [-0.2, -0.15) is 0 Å². The molecule has 0 aliphatic heterocycles. The fourth-order valence-electron chi connectivity index (χ4n) is 1.39. The van der Waals surface area contributed by atoms with Gasteiger partial charge in [-0.15, -0.1) is 12.4 Å². The van der Waals surface area contributed by atoms with Crippen molar-refractivity contribution < 1.29 is 9.47 Å². The summed E-state index contributed by atoms with van der Waals surface area (Å²) in [6.07, 6.45) is 0.862. The van der Waals surface area contributed by atoms with Gasteiger partial charge in [0.05, 0.1) is 18.7 Å². The third kappa shape index (κ3) is 3.27. The maximum Gasteiger partial charge on any atom is 0.133 e. The molecule has 0 aliphatic rings. The Bertz CT molecular complexity index is 347. The second-order valence-electron chi connectivity index (χ2n) is 3.24. The minimum absolute atomic E-state index is 0. The van der Waals surface area contributed by atoms with Crippen LogP contribution in [0.1, 0.15) is 24.9 Å². The summed E-state index contributed by atoms with van der Waals surface area (Å²) in [5.74, 6) is 1.56. The molecule has 0 aliphatic carbocycles. The Hall–Kier alpha value is -0.450. The number of benzene rings is 1. The van der Waals surface area contributed by atoms with Crippen LogP contribution in [0.15, 0.2) is 16.6 Å². The van der Waals surface area contributed by atoms with Crippen LogP contribution < -0.4 is 15.2 Å². The van der Waals surface area contributed by atoms with Gasteiger partial charge in [0.25, 0.3) is 0 Å². The second-order valence-corrected chi connectivity index (χ2v) is 4.10. The Morgan fingerprint density at radius 3 is 2.25 bits per heavy atom. The lowest BCUT2D eigenvalue weighted by molar-refractivity contribution is 0.392. The van der Waals surface area contributed by atoms with Crippen molar-refractivity contribution in [1.82, 2.24) is 0 Å². The number of hydrogen-bond donors (Lipinski definition) is 1. The van der Waals surface area contributed by atoms with Crippen LogP contribution >= 0.6 is 28.3 Å². The molecule has 5 heteroatoms. The fraction of sp³-hybridized carbons (Fsp3) is 0.455. The molecule has 1 atom stereocenters. The molecule has 0 heterocycles. The molecule has 1 aromatic rings. The maximum atomic E-state index is 5.99. The first kappa shape index (κ1) is 15.5. The lowest BCUT2D eigenvalue weighted by Crippen LogP contribution is -2.10. The van der Waals surface area contributed by atoms with Crippen LogP contribution in [-0.4, -0.2) is 14.2 Å². The molecule has 1 rings (SSSR count). The van der Waals surface area contributed by atoms with Crippen LogP contribution in [0.25, 0.3) is 0 Å². The monoisotopic (exact) mass is 309 g/mol. The SMILES string of the molecule is CC[C@H](N)c1cc(OC)c(Br)cc1OC.Cl. The van der Waals surface area contributed by atoms with Crippen molar-refractivity contribution in [3.05, 3.63) is 22.2 Å². The van der Waals surface area contributed by atoms with Crippen LogP contribution in [0.2, 0.25) is 0 Å². The predicted molar refractivity (Wildman–Crippen MR) is 71.7 cm³/mol. The summed E-state index contributed by atoms with van der Waals surface area (Å²) in [5, 5.41) is 0. The molecular formula is C11H17BrClNO2. The standard InChI is InChI=1S/C11H16BrNO2.ClH/c1-4-9(13)7-5-11(15-3)8(12)6-10(7)14-2;/h5-6,9H,4,13H2,1-3H3;1H/t9-;/m0./s1. The number of methoxy groups -OCH3 is 2. The highest BCUT2D eigenvalue weighted by Crippen LogP contribution is 2.35. The molecule has 1 aromatic carbocycles. The number of rotatable bonds is 4. The van der Waals surface area contributed by atoms with Crippen molar-refractivity contribution in [3.8, 4) is 11.5 Å². The molecular weight excluding hydrogens is 293 g/mol. The first-order valence-corrected chi connectivity index (χ1v) is 5.60. The van der Waals surface area contributed by atoms with Crippen LogP contribution in [0, 0.1) is 0 Å². The Morgan fingerprint density at radius 2 is 1.81 bits per heavy atom. The van der Waals surface area contributed by atoms with Crippen molar-refractivity contribution in [1.29, 1.82) is 0 Å². The maximum absolute atomic E-state index is 5.99. The van der Waals surface area contributed by atoms with Crippen LogP contribution in [0.3, 0.4) is 0 Å². The van der Waals surface area contributed by atoms with E-state index in [1.807, 2.05) is 19.1 Å². The third-order valence-electron chi connectivity index (χ3n) is 2.34. The van der Waals surface area contributed by atoms with Crippen molar-refractivity contribution in [2.75, 3.05) is 14.2 Å². The van der Waals surface area contributed by atoms with E-state index >= 15 is 0 Å². The van der Waals surface area contributed by atoms with E-state index in [2.05, 4.69) is 15.9 Å². The van der Waals surface area contributed by atoms with E-state index in [0.717, 1.165) is 28.0 Å². The molecule has 0 fully saturated rings. The fourth-order valence-corrected chi connectivity index (χ4v) is 1.88. The highest BCUT2D eigenvalue weighted by Gasteiger charge is 2.14. The number of hydrogen-bond acceptors (Lipinski definition) is 3. The zero-order valence-electron chi connectivity index (χ0n) is 9.62. The average molecular weight is 311 g/mol. The molecule has 0 saturated carbocycles. The molecule has 0 spiro atoms. The Kier molecular flexibility index (Phi) is 6.79. The van der Waals surface area contributed by atoms with Gasteiger partial charge in [0.2, 0.25) is 0 Å². The van der Waals surface area contributed by atoms with Gasteiger partial charge in [-0.25, -0.2) is 0 Å². The first-order valence-electron chi connectivity index (χ1n) is 4.81. The highest BCUT2D eigenvalue weighted by molar-refractivity contribution is 9.10. The molecule has 92 valence electrons. The van der Waals surface area contributed by atoms with E-state index in [4.69, 9.17) is 15.2 Å². The molecule has 3 nitrogen and oxygen atoms in total. The van der Waals surface area contributed by atoms with Crippen molar-refractivity contribution in [3.63, 3.8) is 0 Å². The van der Waals surface area contributed by atoms with Gasteiger partial charge in [0, 0.05) is 11.6 Å². The van der Waals surface area contributed by atoms with E-state index in [-0.39, 0.29) is 18.4 Å². The molecule has 0 saturated heterocycles. The zero-order valence-corrected chi connectivity index (χ0v) is 12.0. The number of halogens is 2. The first-order chi connectivity index (χ1) is 7.13. The normalized spacial score (nSPS) is 11.6. The minimum Gasteiger partial charge on any atom is -0.496 e. The van der Waals surface area contributed by atoms with Gasteiger partial charge in [-0.3, -0.25) is 0 Å². The molecule has 0 aromatic heterocycles. The second kappa shape index (κ2) is 6.99. The van der Waals surface area contributed by atoms with Crippen LogP contribution in [-0.2, 0) is 0 Å². The van der Waals surface area contributed by atoms with E-state index < -0.39 is 0 Å². The average Bonchev–Trinajstić information content (AvgIpc) is 2.27. The highest BCUT2D eigenvalue weighted by atomic mass is 79.9. The summed E-state index contributed by atoms with van der Waals surface area (Å²) < 4.78 is 11.4. The van der Waals surface area contributed by atoms with Crippen molar-refractivity contribution >= 4 is 28.3 Å². The topological polar surface area (TPSA) is 44.5 Å². The van der Waals surface area contributed by atoms with Gasteiger partial charge in [0.1, 0.15) is 11.5 Å². The van der Waals surface area contributed by atoms with Crippen molar-refractivity contribution in [2.45, 2.75) is 19.4 Å². The molecule has 0 radical (unpaired) electrons. The summed E-state index contributed by atoms with van der Waals surface area (Å²) in [5.41, 5.74) is 6.97. The number of nitrogens with two attached hydrogens (primary N) is 1. The van der Waals surface area contributed by atoms with E-state index in [9.17, 15) is 0 Å². The molecule has 0 bridgehead atoms. The molecule has 0 unspecified atom stereocenters. The third-order valence-corrected chi connectivity index (χ3v) is 2.96. The van der Waals surface area contributed by atoms with Crippen LogP contribution in [0.4, 0.5) is 0 Å². The number of ether oxygens (including phenoxy) is 2. The van der Waals surface area contributed by atoms with E-state index in [1.54, 1.807) is 14.2 Å². The van der Waals surface area contributed by atoms with E-state index in [0.29, 0.717) is 0 Å². The largest absolute Gasteiger partial charge is 0.496 e. The van der Waals surface area contributed by atoms with Gasteiger partial charge in [-0.1, -0.05) is 6.92 Å². The minimum atomic E-state index is -0.0260. The molecule has 16 heavy (non-hydrogen) atoms. The van der Waals surface area contributed by atoms with Gasteiger partial charge < -0.3 is 15.2 Å². The lowest BCUT2D eigenvalue weighted by Gasteiger charge is -2.16.